The molecular formula is C45H30N2O. The van der Waals surface area contributed by atoms with Gasteiger partial charge in [0.05, 0.1) is 5.69 Å². The molecule has 0 N–H and O–H groups in total. The summed E-state index contributed by atoms with van der Waals surface area (Å²) in [5, 5.41) is 4.76. The Bertz CT molecular complexity index is 2560. The molecule has 0 aliphatic rings. The van der Waals surface area contributed by atoms with Crippen LogP contribution in [0, 0.1) is 0 Å². The monoisotopic (exact) mass is 614 g/mol. The van der Waals surface area contributed by atoms with Gasteiger partial charge < -0.3 is 9.32 Å². The molecule has 0 aliphatic carbocycles. The van der Waals surface area contributed by atoms with E-state index in [1.165, 1.54) is 27.3 Å². The van der Waals surface area contributed by atoms with Crippen molar-refractivity contribution in [2.24, 2.45) is 0 Å². The molecule has 1 aromatic heterocycles. The largest absolute Gasteiger partial charge is 0.435 e. The van der Waals surface area contributed by atoms with Gasteiger partial charge in [0, 0.05) is 27.9 Å². The van der Waals surface area contributed by atoms with Crippen molar-refractivity contribution in [3.05, 3.63) is 182 Å². The number of nitrogens with zero attached hydrogens (tertiary/aromatic N) is 2. The number of hydrogen-bond acceptors (Lipinski definition) is 3. The van der Waals surface area contributed by atoms with E-state index >= 15 is 0 Å². The van der Waals surface area contributed by atoms with E-state index in [1.807, 2.05) is 6.07 Å². The van der Waals surface area contributed by atoms with Crippen molar-refractivity contribution in [2.75, 3.05) is 4.90 Å². The molecule has 0 amide bonds. The zero-order chi connectivity index (χ0) is 31.9. The van der Waals surface area contributed by atoms with Gasteiger partial charge in [0.2, 0.25) is 5.89 Å². The second-order valence-electron chi connectivity index (χ2n) is 12.0. The minimum Gasteiger partial charge on any atom is -0.435 e. The zero-order valence-electron chi connectivity index (χ0n) is 26.1. The molecule has 1 heterocycles. The van der Waals surface area contributed by atoms with E-state index in [4.69, 9.17) is 9.40 Å². The summed E-state index contributed by atoms with van der Waals surface area (Å²) in [5.74, 6) is 0.625. The van der Waals surface area contributed by atoms with Crippen LogP contribution >= 0.6 is 0 Å². The zero-order valence-corrected chi connectivity index (χ0v) is 26.1. The predicted octanol–water partition coefficient (Wildman–Crippen LogP) is 12.6. The summed E-state index contributed by atoms with van der Waals surface area (Å²) in [5.41, 5.74) is 10.3. The molecule has 48 heavy (non-hydrogen) atoms. The molecule has 0 radical (unpaired) electrons. The average Bonchev–Trinajstić information content (AvgIpc) is 3.61. The van der Waals surface area contributed by atoms with Crippen molar-refractivity contribution >= 4 is 49.7 Å². The van der Waals surface area contributed by atoms with Crippen LogP contribution in [-0.4, -0.2) is 4.98 Å². The first-order valence-electron chi connectivity index (χ1n) is 16.2. The molecule has 8 aromatic carbocycles. The Labute approximate surface area is 279 Å². The van der Waals surface area contributed by atoms with Gasteiger partial charge in [-0.3, -0.25) is 0 Å². The molecule has 0 spiro atoms. The quantitative estimate of drug-likeness (QED) is 0.187. The van der Waals surface area contributed by atoms with E-state index in [2.05, 4.69) is 181 Å². The van der Waals surface area contributed by atoms with Crippen LogP contribution in [0.3, 0.4) is 0 Å². The van der Waals surface area contributed by atoms with Crippen molar-refractivity contribution in [1.29, 1.82) is 0 Å². The van der Waals surface area contributed by atoms with Crippen molar-refractivity contribution in [1.82, 2.24) is 4.98 Å². The highest BCUT2D eigenvalue weighted by Gasteiger charge is 2.18. The maximum Gasteiger partial charge on any atom is 0.227 e. The summed E-state index contributed by atoms with van der Waals surface area (Å²) in [6, 6.07) is 64.0. The van der Waals surface area contributed by atoms with Gasteiger partial charge >= 0.3 is 0 Å². The maximum absolute atomic E-state index is 6.49. The number of oxazole rings is 1. The van der Waals surface area contributed by atoms with Crippen LogP contribution in [0.15, 0.2) is 186 Å². The second kappa shape index (κ2) is 11.7. The Balaban J connectivity index is 1.14. The number of hydrogen-bond donors (Lipinski definition) is 0. The third-order valence-electron chi connectivity index (χ3n) is 9.07. The molecule has 0 aliphatic heterocycles. The lowest BCUT2D eigenvalue weighted by atomic mass is 10.0. The lowest BCUT2D eigenvalue weighted by Crippen LogP contribution is -2.10. The lowest BCUT2D eigenvalue weighted by Gasteiger charge is -2.27. The molecule has 226 valence electrons. The highest BCUT2D eigenvalue weighted by atomic mass is 16.3. The summed E-state index contributed by atoms with van der Waals surface area (Å²) in [6.07, 6.45) is 0. The number of anilines is 3. The first-order valence-corrected chi connectivity index (χ1v) is 16.2. The third-order valence-corrected chi connectivity index (χ3v) is 9.07. The van der Waals surface area contributed by atoms with Crippen LogP contribution in [0.2, 0.25) is 0 Å². The van der Waals surface area contributed by atoms with Crippen LogP contribution in [0.5, 0.6) is 0 Å². The highest BCUT2D eigenvalue weighted by Crippen LogP contribution is 2.41. The summed E-state index contributed by atoms with van der Waals surface area (Å²) in [6.45, 7) is 0. The van der Waals surface area contributed by atoms with Crippen LogP contribution in [0.4, 0.5) is 17.1 Å². The predicted molar refractivity (Wildman–Crippen MR) is 200 cm³/mol. The molecule has 9 rings (SSSR count). The smallest absolute Gasteiger partial charge is 0.227 e. The van der Waals surface area contributed by atoms with Gasteiger partial charge in [-0.25, -0.2) is 4.98 Å². The summed E-state index contributed by atoms with van der Waals surface area (Å²) in [7, 11) is 0. The van der Waals surface area contributed by atoms with Crippen LogP contribution in [0.25, 0.3) is 66.4 Å². The number of benzene rings is 8. The number of aromatic nitrogens is 1. The Hall–Kier alpha value is -6.45. The topological polar surface area (TPSA) is 29.3 Å². The Morgan fingerprint density at radius 1 is 0.417 bits per heavy atom. The SMILES string of the molecule is c1ccc(-c2cccc(N(c3ccc(-c4cccc5nc(-c6ccc7ccccc7c6)oc45)cc3)c3cccc4ccccc34)c2)cc1. The molecule has 3 nitrogen and oxygen atoms in total. The van der Waals surface area contributed by atoms with Crippen LogP contribution in [-0.2, 0) is 0 Å². The standard InChI is InChI=1S/C45H30N2O/c1-2-11-31(12-3-1)36-17-8-18-39(30-36)47(43-22-9-16-33-14-6-7-19-40(33)43)38-27-25-34(26-28-38)41-20-10-21-42-44(41)48-45(46-42)37-24-23-32-13-4-5-15-35(32)29-37/h1-30H. The second-order valence-corrected chi connectivity index (χ2v) is 12.0. The van der Waals surface area contributed by atoms with E-state index in [1.54, 1.807) is 0 Å². The van der Waals surface area contributed by atoms with E-state index in [-0.39, 0.29) is 0 Å². The summed E-state index contributed by atoms with van der Waals surface area (Å²) < 4.78 is 6.49. The average molecular weight is 615 g/mol. The molecule has 9 aromatic rings. The summed E-state index contributed by atoms with van der Waals surface area (Å²) >= 11 is 0. The van der Waals surface area contributed by atoms with E-state index < -0.39 is 0 Å². The third kappa shape index (κ3) is 4.99. The molecule has 0 saturated heterocycles. The van der Waals surface area contributed by atoms with Gasteiger partial charge in [-0.05, 0) is 81.4 Å². The Morgan fingerprint density at radius 3 is 1.98 bits per heavy atom. The normalized spacial score (nSPS) is 11.3. The Morgan fingerprint density at radius 2 is 1.10 bits per heavy atom. The van der Waals surface area contributed by atoms with Crippen molar-refractivity contribution < 1.29 is 4.42 Å². The molecule has 0 atom stereocenters. The van der Waals surface area contributed by atoms with Gasteiger partial charge in [-0.2, -0.15) is 0 Å². The molecule has 0 fully saturated rings. The summed E-state index contributed by atoms with van der Waals surface area (Å²) in [4.78, 5) is 7.24. The van der Waals surface area contributed by atoms with Gasteiger partial charge in [0.25, 0.3) is 0 Å². The molecule has 3 heteroatoms. The first-order chi connectivity index (χ1) is 23.8. The first kappa shape index (κ1) is 27.8. The fourth-order valence-corrected chi connectivity index (χ4v) is 6.70. The molecular weight excluding hydrogens is 585 g/mol. The van der Waals surface area contributed by atoms with Gasteiger partial charge in [-0.1, -0.05) is 133 Å². The Kier molecular flexibility index (Phi) is 6.80. The minimum absolute atomic E-state index is 0.625. The minimum atomic E-state index is 0.625. The van der Waals surface area contributed by atoms with Gasteiger partial charge in [0.1, 0.15) is 5.52 Å². The van der Waals surface area contributed by atoms with Crippen molar-refractivity contribution in [3.8, 4) is 33.7 Å². The van der Waals surface area contributed by atoms with E-state index in [9.17, 15) is 0 Å². The fourth-order valence-electron chi connectivity index (χ4n) is 6.70. The maximum atomic E-state index is 6.49. The van der Waals surface area contributed by atoms with Crippen molar-refractivity contribution in [2.45, 2.75) is 0 Å². The van der Waals surface area contributed by atoms with Crippen LogP contribution < -0.4 is 4.90 Å². The number of rotatable bonds is 6. The van der Waals surface area contributed by atoms with E-state index in [0.717, 1.165) is 50.2 Å². The fraction of sp³-hybridized carbons (Fsp3) is 0. The van der Waals surface area contributed by atoms with Crippen LogP contribution in [0.1, 0.15) is 0 Å². The molecule has 0 saturated carbocycles. The highest BCUT2D eigenvalue weighted by molar-refractivity contribution is 6.00. The molecule has 0 unspecified atom stereocenters. The lowest BCUT2D eigenvalue weighted by molar-refractivity contribution is 0.621. The van der Waals surface area contributed by atoms with E-state index in [0.29, 0.717) is 5.89 Å². The number of para-hydroxylation sites is 1. The van der Waals surface area contributed by atoms with Gasteiger partial charge in [-0.15, -0.1) is 0 Å². The molecule has 0 bridgehead atoms. The number of fused-ring (bicyclic) bond motifs is 3. The van der Waals surface area contributed by atoms with Gasteiger partial charge in [0.15, 0.2) is 5.58 Å². The van der Waals surface area contributed by atoms with Crippen molar-refractivity contribution in [3.63, 3.8) is 0 Å².